The summed E-state index contributed by atoms with van der Waals surface area (Å²) in [4.78, 5) is 11.9. The maximum Gasteiger partial charge on any atom is 0.240 e. The van der Waals surface area contributed by atoms with E-state index in [1.54, 1.807) is 25.1 Å². The van der Waals surface area contributed by atoms with Crippen molar-refractivity contribution in [2.75, 3.05) is 11.9 Å². The summed E-state index contributed by atoms with van der Waals surface area (Å²) in [6.07, 6.45) is 0. The second-order valence-electron chi connectivity index (χ2n) is 4.99. The minimum atomic E-state index is -0.886. The number of anilines is 1. The van der Waals surface area contributed by atoms with Crippen LogP contribution in [0.15, 0.2) is 18.2 Å². The quantitative estimate of drug-likeness (QED) is 0.875. The van der Waals surface area contributed by atoms with Crippen molar-refractivity contribution in [1.82, 2.24) is 5.32 Å². The molecule has 6 heteroatoms. The Hall–Kier alpha value is -1.44. The molecule has 20 heavy (non-hydrogen) atoms. The van der Waals surface area contributed by atoms with Crippen LogP contribution in [0.3, 0.4) is 0 Å². The predicted octanol–water partition coefficient (Wildman–Crippen LogP) is 3.46. The first-order chi connectivity index (χ1) is 9.28. The smallest absolute Gasteiger partial charge is 0.240 e. The highest BCUT2D eigenvalue weighted by Gasteiger charge is 2.29. The first-order valence-corrected chi connectivity index (χ1v) is 6.95. The lowest BCUT2D eigenvalue weighted by Crippen LogP contribution is -2.50. The van der Waals surface area contributed by atoms with Crippen molar-refractivity contribution in [2.24, 2.45) is 5.92 Å². The van der Waals surface area contributed by atoms with Crippen molar-refractivity contribution in [1.29, 1.82) is 5.26 Å². The molecule has 0 heterocycles. The summed E-state index contributed by atoms with van der Waals surface area (Å²) in [5.74, 6) is -0.260. The fraction of sp³-hybridized carbons (Fsp3) is 0.429. The first kappa shape index (κ1) is 16.6. The van der Waals surface area contributed by atoms with Crippen LogP contribution in [0.25, 0.3) is 0 Å². The second kappa shape index (κ2) is 6.83. The highest BCUT2D eigenvalue weighted by atomic mass is 35.5. The molecule has 108 valence electrons. The number of rotatable bonds is 5. The van der Waals surface area contributed by atoms with E-state index < -0.39 is 5.54 Å². The van der Waals surface area contributed by atoms with Gasteiger partial charge in [0.2, 0.25) is 5.91 Å². The van der Waals surface area contributed by atoms with E-state index in [0.29, 0.717) is 15.7 Å². The third-order valence-corrected chi connectivity index (χ3v) is 3.70. The fourth-order valence-electron chi connectivity index (χ4n) is 1.44. The van der Waals surface area contributed by atoms with E-state index in [4.69, 9.17) is 28.5 Å². The van der Waals surface area contributed by atoms with Crippen LogP contribution in [-0.4, -0.2) is 18.0 Å². The minimum absolute atomic E-state index is 0.00979. The van der Waals surface area contributed by atoms with Crippen molar-refractivity contribution >= 4 is 34.8 Å². The summed E-state index contributed by atoms with van der Waals surface area (Å²) in [5.41, 5.74) is -0.267. The van der Waals surface area contributed by atoms with Crippen molar-refractivity contribution in [3.8, 4) is 6.07 Å². The summed E-state index contributed by atoms with van der Waals surface area (Å²) in [6, 6.07) is 7.10. The lowest BCUT2D eigenvalue weighted by Gasteiger charge is -2.27. The molecule has 1 rings (SSSR count). The third-order valence-electron chi connectivity index (χ3n) is 3.16. The van der Waals surface area contributed by atoms with Gasteiger partial charge >= 0.3 is 0 Å². The van der Waals surface area contributed by atoms with Crippen molar-refractivity contribution in [2.45, 2.75) is 26.3 Å². The maximum absolute atomic E-state index is 11.9. The summed E-state index contributed by atoms with van der Waals surface area (Å²) < 4.78 is 0. The molecule has 1 aromatic rings. The molecule has 0 bridgehead atoms. The van der Waals surface area contributed by atoms with Crippen LogP contribution in [0.4, 0.5) is 5.69 Å². The van der Waals surface area contributed by atoms with Crippen LogP contribution in [0, 0.1) is 17.2 Å². The number of benzene rings is 1. The summed E-state index contributed by atoms with van der Waals surface area (Å²) in [5, 5.41) is 15.7. The van der Waals surface area contributed by atoms with E-state index in [1.807, 2.05) is 13.8 Å². The maximum atomic E-state index is 11.9. The Morgan fingerprint density at radius 3 is 2.60 bits per heavy atom. The molecule has 0 aliphatic heterocycles. The lowest BCUT2D eigenvalue weighted by atomic mass is 9.90. The van der Waals surface area contributed by atoms with Gasteiger partial charge in [-0.05, 0) is 31.0 Å². The van der Waals surface area contributed by atoms with Crippen molar-refractivity contribution < 1.29 is 4.79 Å². The molecule has 0 fully saturated rings. The number of halogens is 2. The van der Waals surface area contributed by atoms with Gasteiger partial charge in [0.25, 0.3) is 0 Å². The normalized spacial score (nSPS) is 13.4. The second-order valence-corrected chi connectivity index (χ2v) is 5.84. The standard InChI is InChI=1S/C14H17Cl2N3O/c1-9(2)14(3,8-17)19-13(20)7-18-12-5-4-10(15)6-11(12)16/h4-6,9,18H,7H2,1-3H3,(H,19,20)/t14-/m1/s1. The lowest BCUT2D eigenvalue weighted by molar-refractivity contribution is -0.121. The largest absolute Gasteiger partial charge is 0.375 e. The Bertz CT molecular complexity index is 540. The molecule has 2 N–H and O–H groups in total. The average molecular weight is 314 g/mol. The molecule has 0 radical (unpaired) electrons. The molecule has 0 saturated carbocycles. The molecule has 0 saturated heterocycles. The van der Waals surface area contributed by atoms with Gasteiger partial charge in [0.05, 0.1) is 23.3 Å². The van der Waals surface area contributed by atoms with E-state index in [2.05, 4.69) is 16.7 Å². The van der Waals surface area contributed by atoms with Crippen LogP contribution in [0.5, 0.6) is 0 Å². The number of hydrogen-bond donors (Lipinski definition) is 2. The van der Waals surface area contributed by atoms with Crippen molar-refractivity contribution in [3.05, 3.63) is 28.2 Å². The molecule has 1 amide bonds. The SMILES string of the molecule is CC(C)[C@@](C)(C#N)NC(=O)CNc1ccc(Cl)cc1Cl. The van der Waals surface area contributed by atoms with E-state index in [1.165, 1.54) is 0 Å². The Balaban J connectivity index is 2.62. The van der Waals surface area contributed by atoms with Crippen LogP contribution < -0.4 is 10.6 Å². The molecule has 4 nitrogen and oxygen atoms in total. The van der Waals surface area contributed by atoms with Crippen LogP contribution in [0.2, 0.25) is 10.0 Å². The van der Waals surface area contributed by atoms with Gasteiger partial charge in [0, 0.05) is 5.02 Å². The zero-order chi connectivity index (χ0) is 15.3. The number of carbonyl (C=O) groups excluding carboxylic acids is 1. The van der Waals surface area contributed by atoms with Crippen LogP contribution >= 0.6 is 23.2 Å². The van der Waals surface area contributed by atoms with Gasteiger partial charge in [-0.25, -0.2) is 0 Å². The Labute approximate surface area is 129 Å². The molecule has 0 aromatic heterocycles. The van der Waals surface area contributed by atoms with Gasteiger partial charge < -0.3 is 10.6 Å². The highest BCUT2D eigenvalue weighted by molar-refractivity contribution is 6.36. The van der Waals surface area contributed by atoms with Crippen LogP contribution in [-0.2, 0) is 4.79 Å². The van der Waals surface area contributed by atoms with E-state index in [0.717, 1.165) is 0 Å². The van der Waals surface area contributed by atoms with Gasteiger partial charge in [0.1, 0.15) is 5.54 Å². The Morgan fingerprint density at radius 2 is 2.10 bits per heavy atom. The molecule has 0 spiro atoms. The Kier molecular flexibility index (Phi) is 5.67. The molecule has 1 aromatic carbocycles. The van der Waals surface area contributed by atoms with Crippen molar-refractivity contribution in [3.63, 3.8) is 0 Å². The number of hydrogen-bond acceptors (Lipinski definition) is 3. The van der Waals surface area contributed by atoms with E-state index in [-0.39, 0.29) is 18.4 Å². The molecule has 1 atom stereocenters. The van der Waals surface area contributed by atoms with E-state index in [9.17, 15) is 4.79 Å². The first-order valence-electron chi connectivity index (χ1n) is 6.19. The van der Waals surface area contributed by atoms with Gasteiger partial charge in [-0.1, -0.05) is 37.0 Å². The van der Waals surface area contributed by atoms with E-state index >= 15 is 0 Å². The van der Waals surface area contributed by atoms with Gasteiger partial charge in [-0.3, -0.25) is 4.79 Å². The number of nitrogens with one attached hydrogen (secondary N) is 2. The monoisotopic (exact) mass is 313 g/mol. The molecule has 0 aliphatic rings. The highest BCUT2D eigenvalue weighted by Crippen LogP contribution is 2.25. The van der Waals surface area contributed by atoms with Crippen LogP contribution in [0.1, 0.15) is 20.8 Å². The van der Waals surface area contributed by atoms with Gasteiger partial charge in [-0.2, -0.15) is 5.26 Å². The summed E-state index contributed by atoms with van der Waals surface area (Å²) in [6.45, 7) is 5.50. The number of carbonyl (C=O) groups is 1. The predicted molar refractivity (Wildman–Crippen MR) is 82.0 cm³/mol. The topological polar surface area (TPSA) is 64.9 Å². The number of amides is 1. The summed E-state index contributed by atoms with van der Waals surface area (Å²) in [7, 11) is 0. The minimum Gasteiger partial charge on any atom is -0.375 e. The third kappa shape index (κ3) is 4.29. The van der Waals surface area contributed by atoms with Gasteiger partial charge in [-0.15, -0.1) is 0 Å². The number of nitrogens with zero attached hydrogens (tertiary/aromatic N) is 1. The zero-order valence-corrected chi connectivity index (χ0v) is 13.1. The molecule has 0 aliphatic carbocycles. The fourth-order valence-corrected chi connectivity index (χ4v) is 1.92. The molecular weight excluding hydrogens is 297 g/mol. The zero-order valence-electron chi connectivity index (χ0n) is 11.6. The molecular formula is C14H17Cl2N3O. The number of nitriles is 1. The Morgan fingerprint density at radius 1 is 1.45 bits per heavy atom. The van der Waals surface area contributed by atoms with Gasteiger partial charge in [0.15, 0.2) is 0 Å². The summed E-state index contributed by atoms with van der Waals surface area (Å²) >= 11 is 11.8. The average Bonchev–Trinajstić information content (AvgIpc) is 2.37. The molecule has 0 unspecified atom stereocenters.